The maximum absolute atomic E-state index is 12.9. The van der Waals surface area contributed by atoms with Gasteiger partial charge in [-0.25, -0.2) is 0 Å². The molecule has 0 saturated heterocycles. The fraction of sp³-hybridized carbons (Fsp3) is 0.0870. The number of nitriles is 1. The summed E-state index contributed by atoms with van der Waals surface area (Å²) in [6.45, 7) is 2.41. The molecule has 0 spiro atoms. The maximum atomic E-state index is 12.9. The number of carbonyl (C=O) groups is 1. The summed E-state index contributed by atoms with van der Waals surface area (Å²) in [5.74, 6) is -0.0349. The van der Waals surface area contributed by atoms with Crippen LogP contribution in [-0.4, -0.2) is 15.3 Å². The third kappa shape index (κ3) is 3.11. The van der Waals surface area contributed by atoms with Crippen LogP contribution in [-0.2, 0) is 6.54 Å². The maximum Gasteiger partial charge on any atom is 0.209 e. The first-order chi connectivity index (χ1) is 13.2. The normalized spacial score (nSPS) is 10.7. The second-order valence-electron chi connectivity index (χ2n) is 6.50. The average Bonchev–Trinajstić information content (AvgIpc) is 3.16. The van der Waals surface area contributed by atoms with Crippen LogP contribution in [0.15, 0.2) is 73.1 Å². The van der Waals surface area contributed by atoms with Crippen molar-refractivity contribution in [1.82, 2.24) is 9.55 Å². The number of carbonyl (C=O) groups excluding carboxylic acids is 1. The molecule has 0 N–H and O–H groups in total. The van der Waals surface area contributed by atoms with Crippen LogP contribution in [0.4, 0.5) is 0 Å². The van der Waals surface area contributed by atoms with Crippen LogP contribution in [0.2, 0.25) is 0 Å². The van der Waals surface area contributed by atoms with Crippen LogP contribution in [0.5, 0.6) is 0 Å². The molecule has 0 fully saturated rings. The average molecular weight is 351 g/mol. The standard InChI is InChI=1S/C23H17N3O/c1-16-8-10-17(11-9-16)23(27)22-7-4-12-26(22)15-18-14-25-21-6-3-2-5-19(21)20(18)13-24/h2-12,14H,15H2,1H3. The highest BCUT2D eigenvalue weighted by Crippen LogP contribution is 2.21. The SMILES string of the molecule is Cc1ccc(C(=O)c2cccn2Cc2cnc3ccccc3c2C#N)cc1. The fourth-order valence-electron chi connectivity index (χ4n) is 3.23. The Hall–Kier alpha value is -3.71. The molecule has 0 unspecified atom stereocenters. The number of aryl methyl sites for hydroxylation is 1. The molecule has 4 nitrogen and oxygen atoms in total. The quantitative estimate of drug-likeness (QED) is 0.509. The molecule has 130 valence electrons. The summed E-state index contributed by atoms with van der Waals surface area (Å²) in [5, 5.41) is 10.5. The lowest BCUT2D eigenvalue weighted by molar-refractivity contribution is 0.103. The number of aromatic nitrogens is 2. The van der Waals surface area contributed by atoms with Crippen LogP contribution in [0, 0.1) is 18.3 Å². The van der Waals surface area contributed by atoms with Crippen LogP contribution < -0.4 is 0 Å². The van der Waals surface area contributed by atoms with Gasteiger partial charge in [0, 0.05) is 28.9 Å². The lowest BCUT2D eigenvalue weighted by Gasteiger charge is -2.11. The summed E-state index contributed by atoms with van der Waals surface area (Å²) in [7, 11) is 0. The van der Waals surface area contributed by atoms with E-state index >= 15 is 0 Å². The van der Waals surface area contributed by atoms with E-state index in [-0.39, 0.29) is 5.78 Å². The lowest BCUT2D eigenvalue weighted by Crippen LogP contribution is -2.11. The summed E-state index contributed by atoms with van der Waals surface area (Å²) in [6, 6.07) is 21.1. The predicted molar refractivity (Wildman–Crippen MR) is 105 cm³/mol. The second-order valence-corrected chi connectivity index (χ2v) is 6.50. The molecule has 2 aromatic heterocycles. The first kappa shape index (κ1) is 16.7. The molecule has 4 aromatic rings. The van der Waals surface area contributed by atoms with Gasteiger partial charge in [-0.3, -0.25) is 9.78 Å². The van der Waals surface area contributed by atoms with Gasteiger partial charge in [0.1, 0.15) is 6.07 Å². The van der Waals surface area contributed by atoms with E-state index in [0.717, 1.165) is 22.0 Å². The van der Waals surface area contributed by atoms with Crippen molar-refractivity contribution in [2.75, 3.05) is 0 Å². The highest BCUT2D eigenvalue weighted by atomic mass is 16.1. The fourth-order valence-corrected chi connectivity index (χ4v) is 3.23. The van der Waals surface area contributed by atoms with Crippen molar-refractivity contribution in [2.24, 2.45) is 0 Å². The van der Waals surface area contributed by atoms with Crippen molar-refractivity contribution in [2.45, 2.75) is 13.5 Å². The summed E-state index contributed by atoms with van der Waals surface area (Å²) >= 11 is 0. The van der Waals surface area contributed by atoms with E-state index in [1.54, 1.807) is 6.20 Å². The van der Waals surface area contributed by atoms with Gasteiger partial charge in [0.2, 0.25) is 5.78 Å². The summed E-state index contributed by atoms with van der Waals surface area (Å²) in [4.78, 5) is 17.4. The molecule has 0 aliphatic rings. The van der Waals surface area contributed by atoms with E-state index in [9.17, 15) is 10.1 Å². The van der Waals surface area contributed by atoms with Gasteiger partial charge in [0.05, 0.1) is 23.3 Å². The molecule has 0 amide bonds. The Bertz CT molecular complexity index is 1180. The van der Waals surface area contributed by atoms with E-state index in [0.29, 0.717) is 23.4 Å². The molecule has 0 radical (unpaired) electrons. The first-order valence-corrected chi connectivity index (χ1v) is 8.70. The predicted octanol–water partition coefficient (Wildman–Crippen LogP) is 4.50. The van der Waals surface area contributed by atoms with Crippen molar-refractivity contribution in [1.29, 1.82) is 5.26 Å². The molecule has 0 atom stereocenters. The number of para-hydroxylation sites is 1. The zero-order valence-corrected chi connectivity index (χ0v) is 14.9. The van der Waals surface area contributed by atoms with E-state index in [2.05, 4.69) is 11.1 Å². The lowest BCUT2D eigenvalue weighted by atomic mass is 10.0. The van der Waals surface area contributed by atoms with Crippen molar-refractivity contribution >= 4 is 16.7 Å². The Kier molecular flexibility index (Phi) is 4.27. The number of nitrogens with zero attached hydrogens (tertiary/aromatic N) is 3. The van der Waals surface area contributed by atoms with Crippen molar-refractivity contribution in [3.63, 3.8) is 0 Å². The van der Waals surface area contributed by atoms with E-state index in [1.807, 2.05) is 78.4 Å². The monoisotopic (exact) mass is 351 g/mol. The van der Waals surface area contributed by atoms with Crippen LogP contribution in [0.1, 0.15) is 32.7 Å². The van der Waals surface area contributed by atoms with Crippen LogP contribution >= 0.6 is 0 Å². The number of ketones is 1. The van der Waals surface area contributed by atoms with Crippen molar-refractivity contribution in [3.8, 4) is 6.07 Å². The molecule has 27 heavy (non-hydrogen) atoms. The first-order valence-electron chi connectivity index (χ1n) is 8.70. The van der Waals surface area contributed by atoms with Crippen LogP contribution in [0.3, 0.4) is 0 Å². The Morgan fingerprint density at radius 2 is 1.85 bits per heavy atom. The van der Waals surface area contributed by atoms with Gasteiger partial charge in [-0.15, -0.1) is 0 Å². The molecule has 2 heterocycles. The van der Waals surface area contributed by atoms with Crippen LogP contribution in [0.25, 0.3) is 10.9 Å². The highest BCUT2D eigenvalue weighted by Gasteiger charge is 2.15. The minimum absolute atomic E-state index is 0.0349. The molecule has 0 bridgehead atoms. The minimum Gasteiger partial charge on any atom is -0.340 e. The van der Waals surface area contributed by atoms with Crippen molar-refractivity contribution < 1.29 is 4.79 Å². The van der Waals surface area contributed by atoms with E-state index < -0.39 is 0 Å². The highest BCUT2D eigenvalue weighted by molar-refractivity contribution is 6.08. The zero-order chi connectivity index (χ0) is 18.8. The molecular weight excluding hydrogens is 334 g/mol. The smallest absolute Gasteiger partial charge is 0.209 e. The van der Waals surface area contributed by atoms with E-state index in [4.69, 9.17) is 0 Å². The molecule has 0 aliphatic heterocycles. The topological polar surface area (TPSA) is 58.7 Å². The number of benzene rings is 2. The third-order valence-corrected chi connectivity index (χ3v) is 4.68. The van der Waals surface area contributed by atoms with Gasteiger partial charge in [-0.1, -0.05) is 48.0 Å². The second kappa shape index (κ2) is 6.89. The van der Waals surface area contributed by atoms with Crippen molar-refractivity contribution in [3.05, 3.63) is 101 Å². The molecular formula is C23H17N3O. The molecule has 0 saturated carbocycles. The number of rotatable bonds is 4. The zero-order valence-electron chi connectivity index (χ0n) is 14.9. The van der Waals surface area contributed by atoms with Gasteiger partial charge >= 0.3 is 0 Å². The van der Waals surface area contributed by atoms with Gasteiger partial charge in [-0.2, -0.15) is 5.26 Å². The Morgan fingerprint density at radius 3 is 2.63 bits per heavy atom. The number of hydrogen-bond donors (Lipinski definition) is 0. The van der Waals surface area contributed by atoms with Gasteiger partial charge in [0.15, 0.2) is 0 Å². The molecule has 2 aromatic carbocycles. The van der Waals surface area contributed by atoms with Gasteiger partial charge < -0.3 is 4.57 Å². The van der Waals surface area contributed by atoms with Gasteiger partial charge in [0.25, 0.3) is 0 Å². The summed E-state index contributed by atoms with van der Waals surface area (Å²) in [5.41, 5.74) is 4.55. The largest absolute Gasteiger partial charge is 0.340 e. The summed E-state index contributed by atoms with van der Waals surface area (Å²) < 4.78 is 1.87. The Balaban J connectivity index is 1.72. The Labute approximate surface area is 157 Å². The number of hydrogen-bond acceptors (Lipinski definition) is 3. The number of fused-ring (bicyclic) bond motifs is 1. The molecule has 4 heteroatoms. The Morgan fingerprint density at radius 1 is 1.07 bits per heavy atom. The van der Waals surface area contributed by atoms with Gasteiger partial charge in [-0.05, 0) is 25.1 Å². The minimum atomic E-state index is -0.0349. The molecule has 0 aliphatic carbocycles. The molecule has 4 rings (SSSR count). The number of pyridine rings is 1. The third-order valence-electron chi connectivity index (χ3n) is 4.68. The summed E-state index contributed by atoms with van der Waals surface area (Å²) in [6.07, 6.45) is 3.58. The van der Waals surface area contributed by atoms with E-state index in [1.165, 1.54) is 0 Å².